The van der Waals surface area contributed by atoms with Crippen LogP contribution < -0.4 is 0 Å². The first-order valence-corrected chi connectivity index (χ1v) is 14.4. The van der Waals surface area contributed by atoms with Gasteiger partial charge in [-0.25, -0.2) is 0 Å². The molecule has 0 spiro atoms. The average Bonchev–Trinajstić information content (AvgIpc) is 2.87. The van der Waals surface area contributed by atoms with Crippen molar-refractivity contribution in [2.75, 3.05) is 0 Å². The van der Waals surface area contributed by atoms with Gasteiger partial charge in [-0.2, -0.15) is 0 Å². The summed E-state index contributed by atoms with van der Waals surface area (Å²) in [6, 6.07) is -0.501. The molecule has 3 saturated heterocycles. The second kappa shape index (κ2) is 12.8. The quantitative estimate of drug-likeness (QED) is 0.206. The molecule has 8 nitrogen and oxygen atoms in total. The molecule has 6 unspecified atom stereocenters. The van der Waals surface area contributed by atoms with Crippen LogP contribution in [-0.2, 0) is 23.7 Å². The van der Waals surface area contributed by atoms with E-state index in [1.807, 2.05) is 0 Å². The van der Waals surface area contributed by atoms with Crippen molar-refractivity contribution in [3.05, 3.63) is 10.4 Å². The number of hydrogen-bond donors (Lipinski definition) is 0. The Morgan fingerprint density at radius 2 is 1.14 bits per heavy atom. The van der Waals surface area contributed by atoms with Crippen molar-refractivity contribution < 1.29 is 23.7 Å². The lowest BCUT2D eigenvalue weighted by Gasteiger charge is -2.50. The Morgan fingerprint density at radius 1 is 0.611 bits per heavy atom. The van der Waals surface area contributed by atoms with Gasteiger partial charge in [0.15, 0.2) is 12.6 Å². The maximum absolute atomic E-state index is 9.45. The first-order valence-electron chi connectivity index (χ1n) is 14.4. The molecule has 0 aromatic heterocycles. The zero-order chi connectivity index (χ0) is 26.7. The highest BCUT2D eigenvalue weighted by Crippen LogP contribution is 2.42. The van der Waals surface area contributed by atoms with Crippen molar-refractivity contribution in [3.63, 3.8) is 0 Å². The normalized spacial score (nSPS) is 49.9. The molecule has 8 heteroatoms. The van der Waals surface area contributed by atoms with Crippen LogP contribution in [0.5, 0.6) is 0 Å². The molecule has 0 aromatic carbocycles. The third-order valence-corrected chi connectivity index (χ3v) is 9.81. The van der Waals surface area contributed by atoms with E-state index in [0.717, 1.165) is 19.3 Å². The summed E-state index contributed by atoms with van der Waals surface area (Å²) in [7, 11) is 0. The van der Waals surface area contributed by atoms with Crippen LogP contribution in [0.4, 0.5) is 0 Å². The number of hydrogen-bond acceptors (Lipinski definition) is 6. The topological polar surface area (TPSA) is 94.9 Å². The van der Waals surface area contributed by atoms with Gasteiger partial charge < -0.3 is 23.7 Å². The van der Waals surface area contributed by atoms with Crippen molar-refractivity contribution in [2.24, 2.45) is 40.6 Å². The van der Waals surface area contributed by atoms with Gasteiger partial charge in [0, 0.05) is 10.8 Å². The fraction of sp³-hybridized carbons (Fsp3) is 1.00. The maximum Gasteiger partial charge on any atom is 0.167 e. The predicted octanol–water partition coefficient (Wildman–Crippen LogP) is 6.72. The van der Waals surface area contributed by atoms with Crippen LogP contribution in [0.2, 0.25) is 0 Å². The van der Waals surface area contributed by atoms with Crippen molar-refractivity contribution in [1.82, 2.24) is 0 Å². The van der Waals surface area contributed by atoms with Gasteiger partial charge in [-0.05, 0) is 61.3 Å². The Kier molecular flexibility index (Phi) is 10.5. The van der Waals surface area contributed by atoms with E-state index < -0.39 is 12.3 Å². The summed E-state index contributed by atoms with van der Waals surface area (Å²) in [6.45, 7) is 21.8. The van der Waals surface area contributed by atoms with Gasteiger partial charge in [-0.1, -0.05) is 67.4 Å². The van der Waals surface area contributed by atoms with E-state index in [1.54, 1.807) is 0 Å². The molecule has 0 radical (unpaired) electrons. The minimum atomic E-state index is -0.640. The second-order valence-corrected chi connectivity index (χ2v) is 11.7. The third kappa shape index (κ3) is 5.89. The van der Waals surface area contributed by atoms with Crippen LogP contribution in [0.1, 0.15) is 88.5 Å². The van der Waals surface area contributed by atoms with E-state index in [2.05, 4.69) is 79.3 Å². The van der Waals surface area contributed by atoms with Crippen LogP contribution in [-0.4, -0.2) is 55.2 Å². The molecule has 0 N–H and O–H groups in total. The standard InChI is InChI=1S/C28H51N3O5/c1-11-21-16(6)14(4)18(8)27(33-21)35-26-19(9)24(30-31-29)28(34-23(26)13-3)36-25-17(7)15(5)20(10)32-22(25)12-2/h14-28H,11-13H2,1-10H3/t14-,15?,16-,17+,18?,19+,20-,21?,22?,23?,24?,25-,26-,27-,28-/m0/s1. The highest BCUT2D eigenvalue weighted by Gasteiger charge is 2.50. The van der Waals surface area contributed by atoms with Gasteiger partial charge in [-0.3, -0.25) is 0 Å². The first kappa shape index (κ1) is 29.7. The van der Waals surface area contributed by atoms with Crippen molar-refractivity contribution in [2.45, 2.75) is 144 Å². The number of nitrogens with zero attached hydrogens (tertiary/aromatic N) is 3. The fourth-order valence-electron chi connectivity index (χ4n) is 6.48. The van der Waals surface area contributed by atoms with Crippen LogP contribution in [0.25, 0.3) is 10.4 Å². The summed E-state index contributed by atoms with van der Waals surface area (Å²) < 4.78 is 32.7. The molecule has 3 heterocycles. The molecule has 0 saturated carbocycles. The molecule has 0 amide bonds. The van der Waals surface area contributed by atoms with Crippen LogP contribution in [0, 0.1) is 35.5 Å². The Hall–Kier alpha value is -0.890. The molecular formula is C28H51N3O5. The molecule has 3 aliphatic heterocycles. The SMILES string of the molecule is CCC1O[C@@H](O[C@@H]2C(CC)O[C@@H](O[C@@H]3C(CC)O[C@@H](C)C(C)[C@H]3C)C(N=[N+]=[N-])[C@H]2C)C(C)[C@@H](C)[C@@H]1C. The van der Waals surface area contributed by atoms with Crippen molar-refractivity contribution in [1.29, 1.82) is 0 Å². The maximum atomic E-state index is 9.45. The van der Waals surface area contributed by atoms with Gasteiger partial charge in [0.05, 0.1) is 42.7 Å². The molecule has 3 rings (SSSR count). The Bertz CT molecular complexity index is 745. The summed E-state index contributed by atoms with van der Waals surface area (Å²) in [5.74, 6) is 1.79. The minimum absolute atomic E-state index is 0.0168. The number of ether oxygens (including phenoxy) is 5. The van der Waals surface area contributed by atoms with Crippen molar-refractivity contribution >= 4 is 0 Å². The van der Waals surface area contributed by atoms with Gasteiger partial charge in [0.25, 0.3) is 0 Å². The van der Waals surface area contributed by atoms with Crippen LogP contribution in [0.15, 0.2) is 5.11 Å². The van der Waals surface area contributed by atoms with E-state index >= 15 is 0 Å². The van der Waals surface area contributed by atoms with E-state index in [1.165, 1.54) is 0 Å². The lowest BCUT2D eigenvalue weighted by molar-refractivity contribution is -0.330. The third-order valence-electron chi connectivity index (χ3n) is 9.81. The lowest BCUT2D eigenvalue weighted by Crippen LogP contribution is -2.59. The number of azide groups is 1. The van der Waals surface area contributed by atoms with E-state index in [9.17, 15) is 5.53 Å². The molecule has 0 bridgehead atoms. The first-order chi connectivity index (χ1) is 17.1. The smallest absolute Gasteiger partial charge is 0.167 e. The summed E-state index contributed by atoms with van der Waals surface area (Å²) in [6.07, 6.45) is 1.41. The summed E-state index contributed by atoms with van der Waals surface area (Å²) in [5, 5.41) is 4.18. The second-order valence-electron chi connectivity index (χ2n) is 11.7. The molecule has 0 aromatic rings. The Balaban J connectivity index is 1.81. The molecule has 3 aliphatic rings. The monoisotopic (exact) mass is 509 g/mol. The average molecular weight is 510 g/mol. The largest absolute Gasteiger partial charge is 0.372 e. The Labute approximate surface area is 218 Å². The zero-order valence-corrected chi connectivity index (χ0v) is 24.2. The Morgan fingerprint density at radius 3 is 1.72 bits per heavy atom. The summed E-state index contributed by atoms with van der Waals surface area (Å²) >= 11 is 0. The van der Waals surface area contributed by atoms with Crippen molar-refractivity contribution in [3.8, 4) is 0 Å². The van der Waals surface area contributed by atoms with Crippen LogP contribution in [0.3, 0.4) is 0 Å². The predicted molar refractivity (Wildman–Crippen MR) is 140 cm³/mol. The number of rotatable bonds is 8. The lowest BCUT2D eigenvalue weighted by atomic mass is 9.78. The molecule has 3 fully saturated rings. The van der Waals surface area contributed by atoms with E-state index in [-0.39, 0.29) is 54.7 Å². The molecule has 0 aliphatic carbocycles. The molecular weight excluding hydrogens is 458 g/mol. The summed E-state index contributed by atoms with van der Waals surface area (Å²) in [4.78, 5) is 3.18. The van der Waals surface area contributed by atoms with Crippen LogP contribution >= 0.6 is 0 Å². The highest BCUT2D eigenvalue weighted by molar-refractivity contribution is 4.95. The molecule has 208 valence electrons. The van der Waals surface area contributed by atoms with E-state index in [4.69, 9.17) is 23.7 Å². The fourth-order valence-corrected chi connectivity index (χ4v) is 6.48. The zero-order valence-electron chi connectivity index (χ0n) is 24.2. The van der Waals surface area contributed by atoms with Gasteiger partial charge >= 0.3 is 0 Å². The van der Waals surface area contributed by atoms with Gasteiger partial charge in [0.2, 0.25) is 0 Å². The molecule has 36 heavy (non-hydrogen) atoms. The molecule has 15 atom stereocenters. The summed E-state index contributed by atoms with van der Waals surface area (Å²) in [5.41, 5.74) is 9.45. The van der Waals surface area contributed by atoms with Gasteiger partial charge in [0.1, 0.15) is 0 Å². The minimum Gasteiger partial charge on any atom is -0.372 e. The van der Waals surface area contributed by atoms with Gasteiger partial charge in [-0.15, -0.1) is 0 Å². The van der Waals surface area contributed by atoms with E-state index in [0.29, 0.717) is 23.7 Å². The highest BCUT2D eigenvalue weighted by atomic mass is 16.7.